The van der Waals surface area contributed by atoms with E-state index in [2.05, 4.69) is 5.32 Å². The van der Waals surface area contributed by atoms with E-state index in [0.717, 1.165) is 6.42 Å². The summed E-state index contributed by atoms with van der Waals surface area (Å²) in [6.45, 7) is 4.62. The van der Waals surface area contributed by atoms with Gasteiger partial charge >= 0.3 is 0 Å². The van der Waals surface area contributed by atoms with E-state index in [1.165, 1.54) is 6.07 Å². The van der Waals surface area contributed by atoms with Gasteiger partial charge in [0.05, 0.1) is 24.1 Å². The summed E-state index contributed by atoms with van der Waals surface area (Å²) in [5.74, 6) is -0.256. The Bertz CT molecular complexity index is 383. The van der Waals surface area contributed by atoms with Gasteiger partial charge in [-0.3, -0.25) is 0 Å². The Morgan fingerprint density at radius 3 is 2.83 bits per heavy atom. The van der Waals surface area contributed by atoms with E-state index in [1.807, 2.05) is 0 Å². The molecule has 0 aliphatic heterocycles. The molecule has 0 aliphatic carbocycles. The van der Waals surface area contributed by atoms with Gasteiger partial charge in [0.25, 0.3) is 0 Å². The van der Waals surface area contributed by atoms with Crippen LogP contribution in [0, 0.1) is 5.82 Å². The van der Waals surface area contributed by atoms with Gasteiger partial charge in [0, 0.05) is 18.7 Å². The van der Waals surface area contributed by atoms with Gasteiger partial charge in [-0.15, -0.1) is 0 Å². The summed E-state index contributed by atoms with van der Waals surface area (Å²) >= 11 is 0. The van der Waals surface area contributed by atoms with E-state index in [4.69, 9.17) is 15.6 Å². The van der Waals surface area contributed by atoms with Crippen LogP contribution in [0.2, 0.25) is 0 Å². The minimum Gasteiger partial charge on any atom is -0.491 e. The number of ether oxygens (including phenoxy) is 1. The Balaban J connectivity index is 2.61. The third kappa shape index (κ3) is 4.41. The predicted molar refractivity (Wildman–Crippen MR) is 71.4 cm³/mol. The topological polar surface area (TPSA) is 67.5 Å². The van der Waals surface area contributed by atoms with E-state index >= 15 is 0 Å². The highest BCUT2D eigenvalue weighted by Gasteiger charge is 2.08. The summed E-state index contributed by atoms with van der Waals surface area (Å²) in [6, 6.07) is 2.82. The zero-order valence-electron chi connectivity index (χ0n) is 10.9. The third-order valence-corrected chi connectivity index (χ3v) is 2.52. The summed E-state index contributed by atoms with van der Waals surface area (Å²) in [5.41, 5.74) is 6.73. The second kappa shape index (κ2) is 7.06. The van der Waals surface area contributed by atoms with Crippen molar-refractivity contribution in [2.75, 3.05) is 24.2 Å². The highest BCUT2D eigenvalue weighted by atomic mass is 19.1. The minimum absolute atomic E-state index is 0.199. The van der Waals surface area contributed by atoms with Gasteiger partial charge in [-0.05, 0) is 26.7 Å². The Hall–Kier alpha value is -1.49. The molecule has 5 heteroatoms. The van der Waals surface area contributed by atoms with Crippen LogP contribution in [0.1, 0.15) is 26.7 Å². The molecule has 4 nitrogen and oxygen atoms in total. The molecule has 0 heterocycles. The number of hydrogen-bond donors (Lipinski definition) is 3. The zero-order chi connectivity index (χ0) is 13.5. The quantitative estimate of drug-likeness (QED) is 0.517. The van der Waals surface area contributed by atoms with Crippen molar-refractivity contribution in [3.63, 3.8) is 0 Å². The van der Waals surface area contributed by atoms with Crippen molar-refractivity contribution in [1.29, 1.82) is 0 Å². The molecule has 0 amide bonds. The fourth-order valence-corrected chi connectivity index (χ4v) is 1.61. The number of nitrogens with one attached hydrogen (secondary N) is 1. The van der Waals surface area contributed by atoms with Crippen LogP contribution in [-0.4, -0.2) is 24.4 Å². The lowest BCUT2D eigenvalue weighted by molar-refractivity contribution is 0.183. The van der Waals surface area contributed by atoms with E-state index in [-0.39, 0.29) is 11.9 Å². The molecule has 0 aliphatic rings. The fraction of sp³-hybridized carbons (Fsp3) is 0.538. The van der Waals surface area contributed by atoms with Crippen molar-refractivity contribution < 1.29 is 14.2 Å². The normalized spacial score (nSPS) is 12.2. The summed E-state index contributed by atoms with van der Waals surface area (Å²) < 4.78 is 18.6. The van der Waals surface area contributed by atoms with E-state index in [1.54, 1.807) is 19.9 Å². The first-order chi connectivity index (χ1) is 8.54. The molecule has 0 spiro atoms. The number of nitrogens with two attached hydrogens (primary N) is 1. The van der Waals surface area contributed by atoms with Gasteiger partial charge in [0.1, 0.15) is 0 Å². The van der Waals surface area contributed by atoms with Crippen LogP contribution in [-0.2, 0) is 0 Å². The van der Waals surface area contributed by atoms with Crippen molar-refractivity contribution in [3.05, 3.63) is 17.9 Å². The van der Waals surface area contributed by atoms with E-state index < -0.39 is 5.82 Å². The highest BCUT2D eigenvalue weighted by Crippen LogP contribution is 2.28. The van der Waals surface area contributed by atoms with Crippen molar-refractivity contribution >= 4 is 11.4 Å². The lowest BCUT2D eigenvalue weighted by Gasteiger charge is -2.13. The largest absolute Gasteiger partial charge is 0.491 e. The Morgan fingerprint density at radius 2 is 2.22 bits per heavy atom. The highest BCUT2D eigenvalue weighted by molar-refractivity contribution is 5.68. The van der Waals surface area contributed by atoms with Crippen molar-refractivity contribution in [2.45, 2.75) is 32.8 Å². The molecule has 4 N–H and O–H groups in total. The van der Waals surface area contributed by atoms with Crippen molar-refractivity contribution in [3.8, 4) is 5.75 Å². The number of benzene rings is 1. The number of anilines is 2. The fourth-order valence-electron chi connectivity index (χ4n) is 1.61. The molecule has 1 rings (SSSR count). The molecular weight excluding hydrogens is 235 g/mol. The molecule has 0 radical (unpaired) electrons. The smallest absolute Gasteiger partial charge is 0.167 e. The van der Waals surface area contributed by atoms with Crippen LogP contribution in [0.4, 0.5) is 15.8 Å². The first-order valence-corrected chi connectivity index (χ1v) is 6.18. The molecule has 1 aromatic carbocycles. The van der Waals surface area contributed by atoms with Crippen LogP contribution in [0.3, 0.4) is 0 Å². The first-order valence-electron chi connectivity index (χ1n) is 6.18. The lowest BCUT2D eigenvalue weighted by Crippen LogP contribution is -2.08. The average Bonchev–Trinajstić information content (AvgIpc) is 2.29. The third-order valence-electron chi connectivity index (χ3n) is 2.52. The number of aliphatic hydroxyl groups is 1. The van der Waals surface area contributed by atoms with Crippen LogP contribution >= 0.6 is 0 Å². The lowest BCUT2D eigenvalue weighted by atomic mass is 10.2. The summed E-state index contributed by atoms with van der Waals surface area (Å²) in [6.07, 6.45) is 1.22. The van der Waals surface area contributed by atoms with Gasteiger partial charge in [0.15, 0.2) is 11.6 Å². The number of rotatable bonds is 7. The van der Waals surface area contributed by atoms with Gasteiger partial charge in [-0.2, -0.15) is 0 Å². The van der Waals surface area contributed by atoms with Gasteiger partial charge in [0.2, 0.25) is 0 Å². The zero-order valence-corrected chi connectivity index (χ0v) is 10.9. The van der Waals surface area contributed by atoms with Crippen LogP contribution < -0.4 is 15.8 Å². The van der Waals surface area contributed by atoms with Crippen molar-refractivity contribution in [2.24, 2.45) is 0 Å². The van der Waals surface area contributed by atoms with Gasteiger partial charge in [-0.25, -0.2) is 4.39 Å². The van der Waals surface area contributed by atoms with Crippen molar-refractivity contribution in [1.82, 2.24) is 0 Å². The average molecular weight is 256 g/mol. The SMILES string of the molecule is CCOc1cc(NCCCC(C)O)c(N)cc1F. The molecule has 0 saturated carbocycles. The Kier molecular flexibility index (Phi) is 5.71. The van der Waals surface area contributed by atoms with Gasteiger partial charge < -0.3 is 20.9 Å². The summed E-state index contributed by atoms with van der Waals surface area (Å²) in [4.78, 5) is 0. The minimum atomic E-state index is -0.455. The summed E-state index contributed by atoms with van der Waals surface area (Å²) in [5, 5.41) is 12.2. The van der Waals surface area contributed by atoms with Crippen LogP contribution in [0.5, 0.6) is 5.75 Å². The van der Waals surface area contributed by atoms with Crippen LogP contribution in [0.25, 0.3) is 0 Å². The van der Waals surface area contributed by atoms with Crippen LogP contribution in [0.15, 0.2) is 12.1 Å². The van der Waals surface area contributed by atoms with E-state index in [9.17, 15) is 4.39 Å². The maximum absolute atomic E-state index is 13.4. The number of aliphatic hydroxyl groups excluding tert-OH is 1. The number of halogens is 1. The first kappa shape index (κ1) is 14.6. The second-order valence-corrected chi connectivity index (χ2v) is 4.22. The predicted octanol–water partition coefficient (Wildman–Crippen LogP) is 2.38. The molecule has 102 valence electrons. The second-order valence-electron chi connectivity index (χ2n) is 4.22. The molecule has 0 fully saturated rings. The Morgan fingerprint density at radius 1 is 1.50 bits per heavy atom. The molecule has 1 unspecified atom stereocenters. The number of nitrogen functional groups attached to an aromatic ring is 1. The monoisotopic (exact) mass is 256 g/mol. The molecule has 1 atom stereocenters. The van der Waals surface area contributed by atoms with Gasteiger partial charge in [-0.1, -0.05) is 0 Å². The molecule has 0 aromatic heterocycles. The molecule has 18 heavy (non-hydrogen) atoms. The maximum Gasteiger partial charge on any atom is 0.167 e. The maximum atomic E-state index is 13.4. The Labute approximate surface area is 107 Å². The molecule has 1 aromatic rings. The molecule has 0 bridgehead atoms. The number of hydrogen-bond acceptors (Lipinski definition) is 4. The summed E-state index contributed by atoms with van der Waals surface area (Å²) in [7, 11) is 0. The standard InChI is InChI=1S/C13H21FN2O2/c1-3-18-13-8-12(11(15)7-10(13)14)16-6-4-5-9(2)17/h7-9,16-17H,3-6,15H2,1-2H3. The molecule has 0 saturated heterocycles. The van der Waals surface area contributed by atoms with E-state index in [0.29, 0.717) is 30.9 Å². The molecular formula is C13H21FN2O2.